The van der Waals surface area contributed by atoms with Crippen molar-refractivity contribution in [1.29, 1.82) is 0 Å². The summed E-state index contributed by atoms with van der Waals surface area (Å²) >= 11 is 0. The maximum absolute atomic E-state index is 13.2. The third kappa shape index (κ3) is 3.64. The largest absolute Gasteiger partial charge is 0.480 e. The van der Waals surface area contributed by atoms with Crippen molar-refractivity contribution in [3.8, 4) is 0 Å². The molecule has 1 N–H and O–H groups in total. The van der Waals surface area contributed by atoms with E-state index in [9.17, 15) is 31.5 Å². The minimum atomic E-state index is -4.83. The SMILES string of the molecule is O=C(O)C1CC(S(=O)(=O)c2ccccc2C(F)(F)F)CN1c1ccccc1. The molecule has 1 fully saturated rings. The van der Waals surface area contributed by atoms with Crippen LogP contribution in [0.2, 0.25) is 0 Å². The predicted molar refractivity (Wildman–Crippen MR) is 92.2 cm³/mol. The van der Waals surface area contributed by atoms with Gasteiger partial charge in [-0.3, -0.25) is 0 Å². The lowest BCUT2D eigenvalue weighted by Gasteiger charge is -2.23. The summed E-state index contributed by atoms with van der Waals surface area (Å²) in [5.74, 6) is -1.22. The summed E-state index contributed by atoms with van der Waals surface area (Å²) < 4.78 is 65.6. The van der Waals surface area contributed by atoms with E-state index in [1.54, 1.807) is 30.3 Å². The van der Waals surface area contributed by atoms with Crippen LogP contribution < -0.4 is 4.90 Å². The summed E-state index contributed by atoms with van der Waals surface area (Å²) in [6.07, 6.45) is -5.12. The number of benzene rings is 2. The molecular formula is C18H16F3NO4S. The van der Waals surface area contributed by atoms with Gasteiger partial charge in [-0.2, -0.15) is 13.2 Å². The van der Waals surface area contributed by atoms with Crippen molar-refractivity contribution < 1.29 is 31.5 Å². The van der Waals surface area contributed by atoms with Gasteiger partial charge in [0, 0.05) is 12.2 Å². The lowest BCUT2D eigenvalue weighted by atomic mass is 10.2. The number of nitrogens with zero attached hydrogens (tertiary/aromatic N) is 1. The minimum absolute atomic E-state index is 0.199. The van der Waals surface area contributed by atoms with Crippen LogP contribution in [0.15, 0.2) is 59.5 Å². The Balaban J connectivity index is 2.01. The van der Waals surface area contributed by atoms with E-state index in [0.29, 0.717) is 11.8 Å². The first-order valence-electron chi connectivity index (χ1n) is 8.07. The maximum atomic E-state index is 13.2. The third-order valence-electron chi connectivity index (χ3n) is 4.57. The lowest BCUT2D eigenvalue weighted by molar-refractivity contribution is -0.140. The van der Waals surface area contributed by atoms with Crippen molar-refractivity contribution in [2.45, 2.75) is 28.8 Å². The molecule has 0 radical (unpaired) electrons. The van der Waals surface area contributed by atoms with Gasteiger partial charge in [-0.15, -0.1) is 0 Å². The second kappa shape index (κ2) is 6.88. The van der Waals surface area contributed by atoms with E-state index in [1.807, 2.05) is 0 Å². The minimum Gasteiger partial charge on any atom is -0.480 e. The Hall–Kier alpha value is -2.55. The van der Waals surface area contributed by atoms with Gasteiger partial charge in [0.05, 0.1) is 15.7 Å². The zero-order valence-electron chi connectivity index (χ0n) is 13.9. The quantitative estimate of drug-likeness (QED) is 0.855. The highest BCUT2D eigenvalue weighted by atomic mass is 32.2. The summed E-state index contributed by atoms with van der Waals surface area (Å²) in [6.45, 7) is -0.199. The second-order valence-electron chi connectivity index (χ2n) is 6.24. The fourth-order valence-corrected chi connectivity index (χ4v) is 5.20. The van der Waals surface area contributed by atoms with Gasteiger partial charge in [-0.1, -0.05) is 30.3 Å². The Kier molecular flexibility index (Phi) is 4.90. The molecule has 0 bridgehead atoms. The zero-order chi connectivity index (χ0) is 19.8. The van der Waals surface area contributed by atoms with Crippen molar-refractivity contribution in [3.63, 3.8) is 0 Å². The Morgan fingerprint density at radius 1 is 1.04 bits per heavy atom. The Bertz CT molecular complexity index is 945. The average Bonchev–Trinajstić information content (AvgIpc) is 3.08. The van der Waals surface area contributed by atoms with E-state index >= 15 is 0 Å². The summed E-state index contributed by atoms with van der Waals surface area (Å²) in [5.41, 5.74) is -0.734. The van der Waals surface area contributed by atoms with Crippen molar-refractivity contribution in [1.82, 2.24) is 0 Å². The molecule has 2 unspecified atom stereocenters. The number of anilines is 1. The van der Waals surface area contributed by atoms with Gasteiger partial charge in [0.1, 0.15) is 6.04 Å². The highest BCUT2D eigenvalue weighted by molar-refractivity contribution is 7.92. The van der Waals surface area contributed by atoms with E-state index in [0.717, 1.165) is 12.1 Å². The first-order valence-corrected chi connectivity index (χ1v) is 9.61. The zero-order valence-corrected chi connectivity index (χ0v) is 14.7. The van der Waals surface area contributed by atoms with Crippen LogP contribution in [0.3, 0.4) is 0 Å². The third-order valence-corrected chi connectivity index (χ3v) is 6.76. The van der Waals surface area contributed by atoms with Crippen LogP contribution in [-0.2, 0) is 20.8 Å². The summed E-state index contributed by atoms with van der Waals surface area (Å²) in [4.78, 5) is 12.2. The molecule has 1 aliphatic heterocycles. The number of rotatable bonds is 4. The number of carbonyl (C=O) groups is 1. The van der Waals surface area contributed by atoms with E-state index in [1.165, 1.54) is 11.0 Å². The first kappa shape index (κ1) is 19.2. The number of alkyl halides is 3. The van der Waals surface area contributed by atoms with E-state index in [4.69, 9.17) is 0 Å². The number of sulfone groups is 1. The van der Waals surface area contributed by atoms with Crippen LogP contribution >= 0.6 is 0 Å². The number of hydrogen-bond acceptors (Lipinski definition) is 4. The molecule has 27 heavy (non-hydrogen) atoms. The molecule has 144 valence electrons. The Morgan fingerprint density at radius 2 is 1.63 bits per heavy atom. The van der Waals surface area contributed by atoms with Crippen molar-refractivity contribution in [3.05, 3.63) is 60.2 Å². The van der Waals surface area contributed by atoms with Crippen LogP contribution in [-0.4, -0.2) is 37.3 Å². The van der Waals surface area contributed by atoms with Gasteiger partial charge in [0.2, 0.25) is 0 Å². The van der Waals surface area contributed by atoms with Gasteiger partial charge in [-0.25, -0.2) is 13.2 Å². The van der Waals surface area contributed by atoms with Crippen molar-refractivity contribution in [2.75, 3.05) is 11.4 Å². The lowest BCUT2D eigenvalue weighted by Crippen LogP contribution is -2.36. The molecule has 9 heteroatoms. The van der Waals surface area contributed by atoms with Crippen LogP contribution in [0.4, 0.5) is 18.9 Å². The van der Waals surface area contributed by atoms with E-state index in [-0.39, 0.29) is 13.0 Å². The highest BCUT2D eigenvalue weighted by Gasteiger charge is 2.46. The molecule has 5 nitrogen and oxygen atoms in total. The molecule has 0 amide bonds. The number of hydrogen-bond donors (Lipinski definition) is 1. The summed E-state index contributed by atoms with van der Waals surface area (Å²) in [5, 5.41) is 8.20. The molecule has 1 saturated heterocycles. The molecule has 0 saturated carbocycles. The number of carboxylic acid groups (broad SMARTS) is 1. The molecule has 0 aromatic heterocycles. The Labute approximate surface area is 154 Å². The molecule has 1 aliphatic rings. The molecule has 2 atom stereocenters. The van der Waals surface area contributed by atoms with Crippen LogP contribution in [0.25, 0.3) is 0 Å². The Morgan fingerprint density at radius 3 is 2.22 bits per heavy atom. The van der Waals surface area contributed by atoms with Crippen LogP contribution in [0.1, 0.15) is 12.0 Å². The van der Waals surface area contributed by atoms with E-state index in [2.05, 4.69) is 0 Å². The molecule has 3 rings (SSSR count). The second-order valence-corrected chi connectivity index (χ2v) is 8.44. The van der Waals surface area contributed by atoms with Gasteiger partial charge in [-0.05, 0) is 30.7 Å². The van der Waals surface area contributed by atoms with Crippen LogP contribution in [0, 0.1) is 0 Å². The standard InChI is InChI=1S/C18H16F3NO4S/c19-18(20,21)14-8-4-5-9-16(14)27(25,26)13-10-15(17(23)24)22(11-13)12-6-2-1-3-7-12/h1-9,13,15H,10-11H2,(H,23,24). The van der Waals surface area contributed by atoms with E-state index < -0.39 is 43.7 Å². The fraction of sp³-hybridized carbons (Fsp3) is 0.278. The molecule has 2 aromatic carbocycles. The van der Waals surface area contributed by atoms with Gasteiger partial charge < -0.3 is 10.0 Å². The van der Waals surface area contributed by atoms with Gasteiger partial charge in [0.15, 0.2) is 9.84 Å². The van der Waals surface area contributed by atoms with Gasteiger partial charge in [0.25, 0.3) is 0 Å². The number of carboxylic acids is 1. The predicted octanol–water partition coefficient (Wildman–Crippen LogP) is 3.21. The molecule has 0 aliphatic carbocycles. The number of aliphatic carboxylic acids is 1. The molecule has 1 heterocycles. The van der Waals surface area contributed by atoms with Crippen molar-refractivity contribution in [2.24, 2.45) is 0 Å². The average molecular weight is 399 g/mol. The van der Waals surface area contributed by atoms with Crippen LogP contribution in [0.5, 0.6) is 0 Å². The summed E-state index contributed by atoms with van der Waals surface area (Å²) in [7, 11) is -4.38. The maximum Gasteiger partial charge on any atom is 0.417 e. The highest BCUT2D eigenvalue weighted by Crippen LogP contribution is 2.38. The van der Waals surface area contributed by atoms with Crippen molar-refractivity contribution >= 4 is 21.5 Å². The monoisotopic (exact) mass is 399 g/mol. The van der Waals surface area contributed by atoms with Gasteiger partial charge >= 0.3 is 12.1 Å². The topological polar surface area (TPSA) is 74.7 Å². The first-order chi connectivity index (χ1) is 12.6. The summed E-state index contributed by atoms with van der Waals surface area (Å²) in [6, 6.07) is 11.2. The molecule has 2 aromatic rings. The fourth-order valence-electron chi connectivity index (χ4n) is 3.29. The normalized spacial score (nSPS) is 20.6. The smallest absolute Gasteiger partial charge is 0.417 e. The molecule has 0 spiro atoms. The number of para-hydroxylation sites is 1. The number of halogens is 3. The molecular weight excluding hydrogens is 383 g/mol.